The van der Waals surface area contributed by atoms with Crippen LogP contribution in [0.1, 0.15) is 27.7 Å². The monoisotopic (exact) mass is 431 g/mol. The van der Waals surface area contributed by atoms with Crippen molar-refractivity contribution in [2.45, 2.75) is 19.6 Å². The van der Waals surface area contributed by atoms with Crippen LogP contribution < -0.4 is 10.1 Å². The molecule has 0 spiro atoms. The van der Waals surface area contributed by atoms with Gasteiger partial charge in [-0.25, -0.2) is 4.68 Å². The molecule has 2 heterocycles. The first kappa shape index (κ1) is 20.6. The van der Waals surface area contributed by atoms with Crippen molar-refractivity contribution in [3.63, 3.8) is 0 Å². The molecule has 1 N–H and O–H groups in total. The Hall–Kier alpha value is -3.71. The highest BCUT2D eigenvalue weighted by molar-refractivity contribution is 7.09. The first-order valence-electron chi connectivity index (χ1n) is 9.82. The fourth-order valence-corrected chi connectivity index (χ4v) is 3.69. The van der Waals surface area contributed by atoms with Gasteiger partial charge in [-0.2, -0.15) is 5.10 Å². The number of benzene rings is 2. The van der Waals surface area contributed by atoms with Crippen LogP contribution in [0, 0.1) is 0 Å². The Labute approximate surface area is 184 Å². The molecule has 0 aliphatic rings. The molecule has 0 radical (unpaired) electrons. The minimum Gasteiger partial charge on any atom is -0.480 e. The maximum atomic E-state index is 13.1. The lowest BCUT2D eigenvalue weighted by Crippen LogP contribution is -2.36. The molecule has 2 aromatic heterocycles. The van der Waals surface area contributed by atoms with E-state index in [2.05, 4.69) is 10.4 Å². The van der Waals surface area contributed by atoms with Crippen molar-refractivity contribution in [2.75, 3.05) is 0 Å². The van der Waals surface area contributed by atoms with Crippen LogP contribution >= 0.6 is 11.3 Å². The summed E-state index contributed by atoms with van der Waals surface area (Å²) < 4.78 is 7.50. The molecule has 0 bridgehead atoms. The lowest BCUT2D eigenvalue weighted by atomic mass is 10.1. The third kappa shape index (κ3) is 4.90. The summed E-state index contributed by atoms with van der Waals surface area (Å²) in [6, 6.07) is 20.4. The molecular formula is C24H21N3O3S. The molecule has 2 aromatic carbocycles. The van der Waals surface area contributed by atoms with Crippen molar-refractivity contribution in [3.8, 4) is 11.4 Å². The van der Waals surface area contributed by atoms with Crippen molar-refractivity contribution < 1.29 is 14.3 Å². The molecule has 1 unspecified atom stereocenters. The van der Waals surface area contributed by atoms with E-state index in [1.165, 1.54) is 6.20 Å². The summed E-state index contributed by atoms with van der Waals surface area (Å²) in [6.45, 7) is 2.11. The number of carbonyl (C=O) groups excluding carboxylic acids is 2. The molecule has 0 aliphatic carbocycles. The van der Waals surface area contributed by atoms with E-state index in [9.17, 15) is 9.59 Å². The van der Waals surface area contributed by atoms with Crippen molar-refractivity contribution in [3.05, 3.63) is 101 Å². The van der Waals surface area contributed by atoms with Gasteiger partial charge in [0.05, 0.1) is 29.6 Å². The van der Waals surface area contributed by atoms with E-state index in [1.807, 2.05) is 47.8 Å². The van der Waals surface area contributed by atoms with Crippen molar-refractivity contribution in [2.24, 2.45) is 0 Å². The third-order valence-corrected chi connectivity index (χ3v) is 5.56. The summed E-state index contributed by atoms with van der Waals surface area (Å²) in [6.07, 6.45) is 2.47. The molecule has 0 saturated carbocycles. The summed E-state index contributed by atoms with van der Waals surface area (Å²) in [5, 5.41) is 9.11. The molecule has 6 nitrogen and oxygen atoms in total. The maximum absolute atomic E-state index is 13.1. The first-order chi connectivity index (χ1) is 15.1. The third-order valence-electron chi connectivity index (χ3n) is 4.69. The minimum absolute atomic E-state index is 0.219. The van der Waals surface area contributed by atoms with Gasteiger partial charge < -0.3 is 10.1 Å². The van der Waals surface area contributed by atoms with E-state index >= 15 is 0 Å². The summed E-state index contributed by atoms with van der Waals surface area (Å²) >= 11 is 1.58. The number of para-hydroxylation sites is 2. The second kappa shape index (κ2) is 9.40. The number of hydrogen-bond donors (Lipinski definition) is 1. The molecule has 0 aliphatic heterocycles. The minimum atomic E-state index is -0.749. The fourth-order valence-electron chi connectivity index (χ4n) is 3.05. The SMILES string of the molecule is CC(Oc1ccccc1C(=O)c1cnn(-c2ccccc2)c1)C(=O)NCc1cccs1. The molecule has 4 rings (SSSR count). The number of nitrogens with zero attached hydrogens (tertiary/aromatic N) is 2. The van der Waals surface area contributed by atoms with Crippen LogP contribution in [0.25, 0.3) is 5.69 Å². The number of ether oxygens (including phenoxy) is 1. The molecule has 4 aromatic rings. The van der Waals surface area contributed by atoms with E-state index < -0.39 is 6.10 Å². The second-order valence-electron chi connectivity index (χ2n) is 6.89. The van der Waals surface area contributed by atoms with Crippen LogP contribution in [0.5, 0.6) is 5.75 Å². The van der Waals surface area contributed by atoms with Gasteiger partial charge in [-0.05, 0) is 42.6 Å². The van der Waals surface area contributed by atoms with Crippen LogP contribution in [0.2, 0.25) is 0 Å². The molecule has 1 atom stereocenters. The van der Waals surface area contributed by atoms with Crippen LogP contribution in [0.3, 0.4) is 0 Å². The van der Waals surface area contributed by atoms with Gasteiger partial charge in [0.1, 0.15) is 5.75 Å². The van der Waals surface area contributed by atoms with Gasteiger partial charge in [-0.1, -0.05) is 36.4 Å². The molecule has 0 fully saturated rings. The zero-order chi connectivity index (χ0) is 21.6. The van der Waals surface area contributed by atoms with Gasteiger partial charge in [0, 0.05) is 11.1 Å². The largest absolute Gasteiger partial charge is 0.480 e. The van der Waals surface area contributed by atoms with Gasteiger partial charge in [0.2, 0.25) is 0 Å². The summed E-state index contributed by atoms with van der Waals surface area (Å²) in [7, 11) is 0. The van der Waals surface area contributed by atoms with E-state index in [4.69, 9.17) is 4.74 Å². The number of amides is 1. The Morgan fingerprint density at radius 1 is 1.06 bits per heavy atom. The zero-order valence-corrected chi connectivity index (χ0v) is 17.7. The number of hydrogen-bond acceptors (Lipinski definition) is 5. The molecule has 1 amide bonds. The van der Waals surface area contributed by atoms with Crippen LogP contribution in [0.15, 0.2) is 84.5 Å². The average Bonchev–Trinajstić information content (AvgIpc) is 3.50. The molecule has 156 valence electrons. The lowest BCUT2D eigenvalue weighted by Gasteiger charge is -2.16. The highest BCUT2D eigenvalue weighted by Crippen LogP contribution is 2.23. The Balaban J connectivity index is 1.47. The van der Waals surface area contributed by atoms with Crippen molar-refractivity contribution in [1.29, 1.82) is 0 Å². The molecule has 0 saturated heterocycles. The summed E-state index contributed by atoms with van der Waals surface area (Å²) in [5.41, 5.74) is 1.69. The second-order valence-corrected chi connectivity index (χ2v) is 7.92. The van der Waals surface area contributed by atoms with Crippen LogP contribution in [-0.2, 0) is 11.3 Å². The Bertz CT molecular complexity index is 1170. The summed E-state index contributed by atoms with van der Waals surface area (Å²) in [5.74, 6) is -0.102. The quantitative estimate of drug-likeness (QED) is 0.423. The average molecular weight is 432 g/mol. The molecular weight excluding hydrogens is 410 g/mol. The van der Waals surface area contributed by atoms with Gasteiger partial charge in [0.25, 0.3) is 5.91 Å². The van der Waals surface area contributed by atoms with Gasteiger partial charge in [0.15, 0.2) is 11.9 Å². The first-order valence-corrected chi connectivity index (χ1v) is 10.7. The predicted octanol–water partition coefficient (Wildman–Crippen LogP) is 4.25. The lowest BCUT2D eigenvalue weighted by molar-refractivity contribution is -0.127. The van der Waals surface area contributed by atoms with Crippen LogP contribution in [-0.4, -0.2) is 27.6 Å². The standard InChI is InChI=1S/C24H21N3O3S/c1-17(24(29)25-15-20-10-7-13-31-20)30-22-12-6-5-11-21(22)23(28)18-14-26-27(16-18)19-8-3-2-4-9-19/h2-14,16-17H,15H2,1H3,(H,25,29). The number of thiophene rings is 1. The number of aromatic nitrogens is 2. The molecule has 7 heteroatoms. The number of rotatable bonds is 8. The maximum Gasteiger partial charge on any atom is 0.261 e. The Kier molecular flexibility index (Phi) is 6.24. The Morgan fingerprint density at radius 3 is 2.61 bits per heavy atom. The highest BCUT2D eigenvalue weighted by atomic mass is 32.1. The highest BCUT2D eigenvalue weighted by Gasteiger charge is 2.20. The van der Waals surface area contributed by atoms with Gasteiger partial charge in [-0.15, -0.1) is 11.3 Å². The molecule has 31 heavy (non-hydrogen) atoms. The van der Waals surface area contributed by atoms with E-state index in [-0.39, 0.29) is 11.7 Å². The van der Waals surface area contributed by atoms with Crippen molar-refractivity contribution >= 4 is 23.0 Å². The normalized spacial score (nSPS) is 11.6. The predicted molar refractivity (Wildman–Crippen MR) is 120 cm³/mol. The number of ketones is 1. The van der Waals surface area contributed by atoms with Gasteiger partial charge >= 0.3 is 0 Å². The van der Waals surface area contributed by atoms with E-state index in [0.717, 1.165) is 10.6 Å². The van der Waals surface area contributed by atoms with E-state index in [0.29, 0.717) is 23.4 Å². The zero-order valence-electron chi connectivity index (χ0n) is 16.9. The Morgan fingerprint density at radius 2 is 1.84 bits per heavy atom. The van der Waals surface area contributed by atoms with E-state index in [1.54, 1.807) is 53.4 Å². The fraction of sp³-hybridized carbons (Fsp3) is 0.125. The smallest absolute Gasteiger partial charge is 0.261 e. The topological polar surface area (TPSA) is 73.2 Å². The van der Waals surface area contributed by atoms with Gasteiger partial charge in [-0.3, -0.25) is 9.59 Å². The van der Waals surface area contributed by atoms with Crippen molar-refractivity contribution in [1.82, 2.24) is 15.1 Å². The number of nitrogens with one attached hydrogen (secondary N) is 1. The van der Waals surface area contributed by atoms with Crippen LogP contribution in [0.4, 0.5) is 0 Å². The summed E-state index contributed by atoms with van der Waals surface area (Å²) in [4.78, 5) is 26.6. The number of carbonyl (C=O) groups is 2.